The van der Waals surface area contributed by atoms with Gasteiger partial charge in [0.15, 0.2) is 12.2 Å². The quantitative estimate of drug-likeness (QED) is 0.0169. The molecule has 0 aliphatic rings. The zero-order valence-electron chi connectivity index (χ0n) is 63.5. The van der Waals surface area contributed by atoms with E-state index in [1.165, 1.54) is 38.5 Å². The van der Waals surface area contributed by atoms with Gasteiger partial charge in [-0.2, -0.15) is 0 Å². The molecule has 5 unspecified atom stereocenters. The number of phosphoric ester groups is 2. The first-order valence-corrected chi connectivity index (χ1v) is 42.1. The largest absolute Gasteiger partial charge is 0.472 e. The van der Waals surface area contributed by atoms with E-state index in [1.54, 1.807) is 0 Å². The van der Waals surface area contributed by atoms with Crippen LogP contribution in [-0.4, -0.2) is 96.7 Å². The molecule has 0 spiro atoms. The molecule has 3 N–H and O–H groups in total. The van der Waals surface area contributed by atoms with Gasteiger partial charge in [0.1, 0.15) is 19.3 Å². The molecular weight excluding hydrogens is 1330 g/mol. The lowest BCUT2D eigenvalue weighted by Gasteiger charge is -2.21. The van der Waals surface area contributed by atoms with Gasteiger partial charge in [-0.1, -0.05) is 283 Å². The lowest BCUT2D eigenvalue weighted by atomic mass is 10.1. The van der Waals surface area contributed by atoms with E-state index in [-0.39, 0.29) is 25.7 Å². The van der Waals surface area contributed by atoms with Crippen LogP contribution < -0.4 is 0 Å². The van der Waals surface area contributed by atoms with Crippen molar-refractivity contribution in [2.75, 3.05) is 39.6 Å². The first kappa shape index (κ1) is 96.9. The van der Waals surface area contributed by atoms with Crippen molar-refractivity contribution in [1.29, 1.82) is 0 Å². The molecule has 0 fully saturated rings. The maximum absolute atomic E-state index is 13.1. The number of hydrogen-bond donors (Lipinski definition) is 3. The molecule has 0 aliphatic heterocycles. The van der Waals surface area contributed by atoms with Crippen LogP contribution >= 0.6 is 15.6 Å². The Kier molecular flexibility index (Phi) is 70.5. The molecule has 17 nitrogen and oxygen atoms in total. The lowest BCUT2D eigenvalue weighted by molar-refractivity contribution is -0.161. The number of allylic oxidation sites excluding steroid dienone is 24. The van der Waals surface area contributed by atoms with Gasteiger partial charge in [0.2, 0.25) is 0 Å². The van der Waals surface area contributed by atoms with Crippen LogP contribution in [0.4, 0.5) is 0 Å². The highest BCUT2D eigenvalue weighted by Gasteiger charge is 2.30. The number of aliphatic hydroxyl groups excluding tert-OH is 1. The van der Waals surface area contributed by atoms with Crippen LogP contribution in [0.1, 0.15) is 297 Å². The first-order valence-electron chi connectivity index (χ1n) is 39.1. The summed E-state index contributed by atoms with van der Waals surface area (Å²) < 4.78 is 68.5. The molecule has 0 saturated heterocycles. The Morgan fingerprint density at radius 1 is 0.284 bits per heavy atom. The molecule has 19 heteroatoms. The van der Waals surface area contributed by atoms with Crippen molar-refractivity contribution in [3.05, 3.63) is 146 Å². The van der Waals surface area contributed by atoms with E-state index >= 15 is 0 Å². The van der Waals surface area contributed by atoms with Crippen molar-refractivity contribution in [3.8, 4) is 0 Å². The predicted molar refractivity (Wildman–Crippen MR) is 417 cm³/mol. The smallest absolute Gasteiger partial charge is 0.462 e. The summed E-state index contributed by atoms with van der Waals surface area (Å²) in [5.41, 5.74) is 0. The van der Waals surface area contributed by atoms with Crippen LogP contribution in [0.3, 0.4) is 0 Å². The van der Waals surface area contributed by atoms with Gasteiger partial charge in [-0.3, -0.25) is 37.3 Å². The van der Waals surface area contributed by atoms with Crippen molar-refractivity contribution in [2.24, 2.45) is 0 Å². The Labute approximate surface area is 617 Å². The first-order chi connectivity index (χ1) is 49.7. The van der Waals surface area contributed by atoms with Gasteiger partial charge in [0.25, 0.3) is 0 Å². The van der Waals surface area contributed by atoms with Gasteiger partial charge in [-0.15, -0.1) is 0 Å². The number of carbonyl (C=O) groups is 4. The van der Waals surface area contributed by atoms with Gasteiger partial charge in [-0.25, -0.2) is 9.13 Å². The van der Waals surface area contributed by atoms with Crippen molar-refractivity contribution < 1.29 is 80.2 Å². The highest BCUT2D eigenvalue weighted by molar-refractivity contribution is 7.47. The average Bonchev–Trinajstić information content (AvgIpc) is 0.994. The van der Waals surface area contributed by atoms with Crippen LogP contribution in [-0.2, 0) is 65.4 Å². The van der Waals surface area contributed by atoms with E-state index < -0.39 is 97.5 Å². The van der Waals surface area contributed by atoms with Crippen molar-refractivity contribution in [2.45, 2.75) is 316 Å². The van der Waals surface area contributed by atoms with Crippen LogP contribution in [0.2, 0.25) is 0 Å². The molecule has 0 amide bonds. The SMILES string of the molecule is CC/C=C\C/C=C\C/C=C\C/C=C\C/C=C\CCCC(=O)OCC(COP(=O)(O)OCC(O)COP(=O)(O)OCC(COC(=O)CCCCCCCCC/C=C\C/C=C\C/C=C\CC)OC(=O)CCCCCCCCCCCCC)OC(=O)CCCCCC/C=C\C/C=C\C/C=C\C/C=C\CC. The molecule has 0 bridgehead atoms. The Hall–Kier alpha value is -5.06. The maximum atomic E-state index is 13.1. The maximum Gasteiger partial charge on any atom is 0.472 e. The number of carbonyl (C=O) groups excluding carboxylic acids is 4. The van der Waals surface area contributed by atoms with Gasteiger partial charge >= 0.3 is 39.5 Å². The Balaban J connectivity index is 5.41. The summed E-state index contributed by atoms with van der Waals surface area (Å²) in [4.78, 5) is 72.9. The topological polar surface area (TPSA) is 237 Å². The van der Waals surface area contributed by atoms with Gasteiger partial charge in [0.05, 0.1) is 26.4 Å². The number of aliphatic hydroxyl groups is 1. The molecule has 0 heterocycles. The number of ether oxygens (including phenoxy) is 4. The summed E-state index contributed by atoms with van der Waals surface area (Å²) in [6, 6.07) is 0. The molecular formula is C83H138O17P2. The summed E-state index contributed by atoms with van der Waals surface area (Å²) in [6.45, 7) is 4.42. The van der Waals surface area contributed by atoms with Crippen molar-refractivity contribution >= 4 is 39.5 Å². The van der Waals surface area contributed by atoms with Gasteiger partial charge in [0, 0.05) is 25.7 Å². The molecule has 0 aromatic heterocycles. The number of unbranched alkanes of at least 4 members (excludes halogenated alkanes) is 22. The summed E-state index contributed by atoms with van der Waals surface area (Å²) in [5.74, 6) is -2.28. The Morgan fingerprint density at radius 2 is 0.520 bits per heavy atom. The third-order valence-corrected chi connectivity index (χ3v) is 17.7. The molecule has 0 aromatic carbocycles. The zero-order chi connectivity index (χ0) is 74.6. The van der Waals surface area contributed by atoms with E-state index in [0.29, 0.717) is 32.1 Å². The number of esters is 4. The third kappa shape index (κ3) is 73.3. The van der Waals surface area contributed by atoms with Crippen molar-refractivity contribution in [1.82, 2.24) is 0 Å². The van der Waals surface area contributed by atoms with Gasteiger partial charge in [-0.05, 0) is 135 Å². The fourth-order valence-electron chi connectivity index (χ4n) is 9.97. The van der Waals surface area contributed by atoms with E-state index in [1.807, 2.05) is 12.2 Å². The summed E-state index contributed by atoms with van der Waals surface area (Å²) in [5, 5.41) is 10.6. The summed E-state index contributed by atoms with van der Waals surface area (Å²) in [6.07, 6.45) is 84.1. The minimum absolute atomic E-state index is 0.0506. The highest BCUT2D eigenvalue weighted by atomic mass is 31.2. The Morgan fingerprint density at radius 3 is 0.824 bits per heavy atom. The molecule has 0 saturated carbocycles. The second kappa shape index (κ2) is 74.2. The monoisotopic (exact) mass is 1470 g/mol. The fraction of sp³-hybridized carbons (Fsp3) is 0.663. The average molecular weight is 1470 g/mol. The molecule has 0 aliphatic carbocycles. The molecule has 582 valence electrons. The molecule has 0 aromatic rings. The molecule has 0 rings (SSSR count). The standard InChI is InChI=1S/C83H138O17P2/c1-5-9-13-17-21-25-29-32-35-38-41-44-48-51-55-59-63-67-80(85)93-73-78(99-82(87)69-65-61-57-53-47-28-24-20-16-12-8-4)75-97-101(89,90)95-71-77(84)72-96-102(91,92)98-76-79(100-83(88)70-66-62-58-54-50-46-43-40-37-34-31-27-23-19-15-11-7-3)74-94-81(86)68-64-60-56-52-49-45-42-39-36-33-30-26-22-18-14-10-6-2/h9-11,13-15,21-23,25-27,32-37,42-43,45-46,52,56,77-79,84H,5-8,12,16-20,24,28-31,38-41,44,47-51,53-55,57-76H2,1-4H3,(H,89,90)(H,91,92)/b13-9-,14-10-,15-11-,25-21-,26-22-,27-23-,35-32-,36-33-,37-34-,45-42-,46-43-,56-52-. The molecule has 102 heavy (non-hydrogen) atoms. The van der Waals surface area contributed by atoms with Crippen LogP contribution in [0.25, 0.3) is 0 Å². The summed E-state index contributed by atoms with van der Waals surface area (Å²) >= 11 is 0. The molecule has 0 radical (unpaired) electrons. The van der Waals surface area contributed by atoms with Crippen LogP contribution in [0.15, 0.2) is 146 Å². The zero-order valence-corrected chi connectivity index (χ0v) is 65.3. The van der Waals surface area contributed by atoms with E-state index in [9.17, 15) is 43.2 Å². The number of rotatable bonds is 72. The minimum Gasteiger partial charge on any atom is -0.462 e. The summed E-state index contributed by atoms with van der Waals surface area (Å²) in [7, 11) is -9.98. The molecule has 5 atom stereocenters. The Bertz CT molecular complexity index is 2510. The fourth-order valence-corrected chi connectivity index (χ4v) is 11.5. The van der Waals surface area contributed by atoms with E-state index in [0.717, 1.165) is 173 Å². The number of phosphoric acid groups is 2. The predicted octanol–water partition coefficient (Wildman–Crippen LogP) is 22.7. The normalized spacial score (nSPS) is 14.7. The van der Waals surface area contributed by atoms with Crippen molar-refractivity contribution in [3.63, 3.8) is 0 Å². The van der Waals surface area contributed by atoms with Crippen LogP contribution in [0.5, 0.6) is 0 Å². The third-order valence-electron chi connectivity index (χ3n) is 15.8. The van der Waals surface area contributed by atoms with Gasteiger partial charge < -0.3 is 33.8 Å². The number of hydrogen-bond acceptors (Lipinski definition) is 15. The second-order valence-electron chi connectivity index (χ2n) is 25.5. The minimum atomic E-state index is -5.00. The van der Waals surface area contributed by atoms with E-state index in [4.69, 9.17) is 37.0 Å². The van der Waals surface area contributed by atoms with Crippen LogP contribution in [0, 0.1) is 0 Å². The highest BCUT2D eigenvalue weighted by Crippen LogP contribution is 2.45. The second-order valence-corrected chi connectivity index (χ2v) is 28.4. The lowest BCUT2D eigenvalue weighted by Crippen LogP contribution is -2.30. The van der Waals surface area contributed by atoms with E-state index in [2.05, 4.69) is 161 Å².